The highest BCUT2D eigenvalue weighted by molar-refractivity contribution is 4.52. The standard InChI is InChI=1S/C17H38N2/c1-2-3-4-10-13-16-19-17-14-11-8-6-5-7-9-12-15-18/h19H,2-18H2,1H3. The van der Waals surface area contributed by atoms with Crippen LogP contribution in [0.15, 0.2) is 0 Å². The zero-order chi connectivity index (χ0) is 14.0. The van der Waals surface area contributed by atoms with Gasteiger partial charge in [0.25, 0.3) is 0 Å². The Labute approximate surface area is 121 Å². The summed E-state index contributed by atoms with van der Waals surface area (Å²) in [7, 11) is 0. The Kier molecular flexibility index (Phi) is 17.8. The summed E-state index contributed by atoms with van der Waals surface area (Å²) in [6, 6.07) is 0. The molecule has 2 heteroatoms. The Morgan fingerprint density at radius 1 is 0.579 bits per heavy atom. The Morgan fingerprint density at radius 3 is 1.47 bits per heavy atom. The van der Waals surface area contributed by atoms with Crippen LogP contribution in [0, 0.1) is 0 Å². The maximum Gasteiger partial charge on any atom is -0.00489 e. The van der Waals surface area contributed by atoms with E-state index in [-0.39, 0.29) is 0 Å². The fraction of sp³-hybridized carbons (Fsp3) is 1.00. The van der Waals surface area contributed by atoms with Crippen LogP contribution in [-0.4, -0.2) is 19.6 Å². The summed E-state index contributed by atoms with van der Waals surface area (Å²) >= 11 is 0. The average molecular weight is 271 g/mol. The van der Waals surface area contributed by atoms with Crippen LogP contribution >= 0.6 is 0 Å². The maximum atomic E-state index is 5.48. The van der Waals surface area contributed by atoms with Gasteiger partial charge in [0.1, 0.15) is 0 Å². The molecule has 19 heavy (non-hydrogen) atoms. The minimum Gasteiger partial charge on any atom is -0.330 e. The molecule has 0 aromatic carbocycles. The van der Waals surface area contributed by atoms with Gasteiger partial charge in [-0.2, -0.15) is 0 Å². The molecule has 2 nitrogen and oxygen atoms in total. The first-order valence-corrected chi connectivity index (χ1v) is 8.82. The highest BCUT2D eigenvalue weighted by atomic mass is 14.8. The number of nitrogens with two attached hydrogens (primary N) is 1. The first-order chi connectivity index (χ1) is 9.41. The molecule has 0 aromatic rings. The van der Waals surface area contributed by atoms with E-state index in [9.17, 15) is 0 Å². The van der Waals surface area contributed by atoms with Gasteiger partial charge in [0.2, 0.25) is 0 Å². The average Bonchev–Trinajstić information content (AvgIpc) is 2.43. The first kappa shape index (κ1) is 18.9. The molecule has 0 saturated heterocycles. The number of hydrogen-bond donors (Lipinski definition) is 2. The summed E-state index contributed by atoms with van der Waals surface area (Å²) in [5, 5.41) is 3.57. The lowest BCUT2D eigenvalue weighted by Gasteiger charge is -2.05. The van der Waals surface area contributed by atoms with Crippen LogP contribution in [0.2, 0.25) is 0 Å². The van der Waals surface area contributed by atoms with Gasteiger partial charge in [-0.05, 0) is 38.9 Å². The Bertz CT molecular complexity index is 132. The lowest BCUT2D eigenvalue weighted by Crippen LogP contribution is -2.16. The normalized spacial score (nSPS) is 11.1. The molecule has 3 N–H and O–H groups in total. The van der Waals surface area contributed by atoms with Crippen molar-refractivity contribution in [1.29, 1.82) is 0 Å². The molecule has 0 heterocycles. The highest BCUT2D eigenvalue weighted by Crippen LogP contribution is 2.07. The molecular weight excluding hydrogens is 232 g/mol. The molecule has 0 aromatic heterocycles. The summed E-state index contributed by atoms with van der Waals surface area (Å²) in [4.78, 5) is 0. The molecule has 0 aliphatic rings. The molecule has 0 fully saturated rings. The van der Waals surface area contributed by atoms with Crippen molar-refractivity contribution in [3.05, 3.63) is 0 Å². The summed E-state index contributed by atoms with van der Waals surface area (Å²) < 4.78 is 0. The molecule has 0 rings (SSSR count). The van der Waals surface area contributed by atoms with Gasteiger partial charge < -0.3 is 11.1 Å². The minimum atomic E-state index is 0.865. The monoisotopic (exact) mass is 270 g/mol. The van der Waals surface area contributed by atoms with Crippen molar-refractivity contribution in [2.75, 3.05) is 19.6 Å². The molecule has 116 valence electrons. The van der Waals surface area contributed by atoms with E-state index in [0.717, 1.165) is 6.54 Å². The van der Waals surface area contributed by atoms with E-state index in [0.29, 0.717) is 0 Å². The highest BCUT2D eigenvalue weighted by Gasteiger charge is 1.93. The SMILES string of the molecule is CCCCCCCNCCCCCCCCCCN. The number of unbranched alkanes of at least 4 members (excludes halogenated alkanes) is 11. The van der Waals surface area contributed by atoms with Gasteiger partial charge >= 0.3 is 0 Å². The fourth-order valence-corrected chi connectivity index (χ4v) is 2.43. The second kappa shape index (κ2) is 17.9. The smallest absolute Gasteiger partial charge is 0.00489 e. The van der Waals surface area contributed by atoms with E-state index in [1.807, 2.05) is 0 Å². The largest absolute Gasteiger partial charge is 0.330 e. The third-order valence-electron chi connectivity index (χ3n) is 3.76. The van der Waals surface area contributed by atoms with Crippen molar-refractivity contribution in [2.24, 2.45) is 5.73 Å². The van der Waals surface area contributed by atoms with Crippen molar-refractivity contribution in [2.45, 2.75) is 90.4 Å². The van der Waals surface area contributed by atoms with E-state index < -0.39 is 0 Å². The molecule has 0 atom stereocenters. The third kappa shape index (κ3) is 17.9. The van der Waals surface area contributed by atoms with Crippen molar-refractivity contribution >= 4 is 0 Å². The number of hydrogen-bond acceptors (Lipinski definition) is 2. The fourth-order valence-electron chi connectivity index (χ4n) is 2.43. The summed E-state index contributed by atoms with van der Waals surface area (Å²) in [5.74, 6) is 0. The van der Waals surface area contributed by atoms with Crippen LogP contribution in [0.1, 0.15) is 90.4 Å². The van der Waals surface area contributed by atoms with Gasteiger partial charge in [-0.25, -0.2) is 0 Å². The summed E-state index contributed by atoms with van der Waals surface area (Å²) in [5.41, 5.74) is 5.48. The molecular formula is C17H38N2. The topological polar surface area (TPSA) is 38.0 Å². The van der Waals surface area contributed by atoms with Gasteiger partial charge in [0.05, 0.1) is 0 Å². The predicted molar refractivity (Wildman–Crippen MR) is 87.6 cm³/mol. The first-order valence-electron chi connectivity index (χ1n) is 8.82. The Hall–Kier alpha value is -0.0800. The number of rotatable bonds is 16. The van der Waals surface area contributed by atoms with Crippen molar-refractivity contribution in [3.63, 3.8) is 0 Å². The van der Waals surface area contributed by atoms with Crippen LogP contribution in [-0.2, 0) is 0 Å². The molecule has 0 unspecified atom stereocenters. The van der Waals surface area contributed by atoms with Crippen LogP contribution < -0.4 is 11.1 Å². The molecule has 0 spiro atoms. The minimum absolute atomic E-state index is 0.865. The Morgan fingerprint density at radius 2 is 1.00 bits per heavy atom. The molecule has 0 radical (unpaired) electrons. The predicted octanol–water partition coefficient (Wildman–Crippen LogP) is 4.63. The molecule has 0 aliphatic carbocycles. The second-order valence-corrected chi connectivity index (χ2v) is 5.78. The van der Waals surface area contributed by atoms with Crippen LogP contribution in [0.5, 0.6) is 0 Å². The van der Waals surface area contributed by atoms with E-state index >= 15 is 0 Å². The van der Waals surface area contributed by atoms with Gasteiger partial charge in [0.15, 0.2) is 0 Å². The molecule has 0 aliphatic heterocycles. The third-order valence-corrected chi connectivity index (χ3v) is 3.76. The molecule has 0 saturated carbocycles. The van der Waals surface area contributed by atoms with Crippen molar-refractivity contribution < 1.29 is 0 Å². The second-order valence-electron chi connectivity index (χ2n) is 5.78. The molecule has 0 bridgehead atoms. The van der Waals surface area contributed by atoms with E-state index in [2.05, 4.69) is 12.2 Å². The van der Waals surface area contributed by atoms with E-state index in [1.54, 1.807) is 0 Å². The van der Waals surface area contributed by atoms with Gasteiger partial charge in [-0.15, -0.1) is 0 Å². The van der Waals surface area contributed by atoms with Gasteiger partial charge in [-0.3, -0.25) is 0 Å². The van der Waals surface area contributed by atoms with Crippen LogP contribution in [0.4, 0.5) is 0 Å². The lowest BCUT2D eigenvalue weighted by atomic mass is 10.1. The van der Waals surface area contributed by atoms with Gasteiger partial charge in [-0.1, -0.05) is 71.1 Å². The summed E-state index contributed by atoms with van der Waals surface area (Å²) in [6.45, 7) is 5.59. The van der Waals surface area contributed by atoms with E-state index in [1.165, 1.54) is 96.6 Å². The molecule has 0 amide bonds. The summed E-state index contributed by atoms with van der Waals surface area (Å²) in [6.07, 6.45) is 17.9. The maximum absolute atomic E-state index is 5.48. The zero-order valence-corrected chi connectivity index (χ0v) is 13.4. The van der Waals surface area contributed by atoms with E-state index in [4.69, 9.17) is 5.73 Å². The lowest BCUT2D eigenvalue weighted by molar-refractivity contribution is 0.538. The van der Waals surface area contributed by atoms with Gasteiger partial charge in [0, 0.05) is 0 Å². The quantitative estimate of drug-likeness (QED) is 0.401. The zero-order valence-electron chi connectivity index (χ0n) is 13.4. The van der Waals surface area contributed by atoms with Crippen molar-refractivity contribution in [3.8, 4) is 0 Å². The van der Waals surface area contributed by atoms with Crippen molar-refractivity contribution in [1.82, 2.24) is 5.32 Å². The Balaban J connectivity index is 2.88. The number of nitrogens with one attached hydrogen (secondary N) is 1. The van der Waals surface area contributed by atoms with Crippen LogP contribution in [0.25, 0.3) is 0 Å². The van der Waals surface area contributed by atoms with Crippen LogP contribution in [0.3, 0.4) is 0 Å².